The standard InChI is InChI=1S/C26H25Cl2N3O4/c27-20-2-1-3-21(28)23(20)24-19(25(35-30-24)14-4-5-14)13-34-18-10-16-7-8-17(11-18)31(16)22-9-6-15(12-29-22)26(32)33/h1-3,6,9,12,14,16-18H,4-5,7-8,10-11,13H2,(H,32,33)/t16-,17-/m0/s1. The summed E-state index contributed by atoms with van der Waals surface area (Å²) < 4.78 is 12.3. The second-order valence-corrected chi connectivity index (χ2v) is 10.5. The largest absolute Gasteiger partial charge is 0.478 e. The summed E-state index contributed by atoms with van der Waals surface area (Å²) in [5.41, 5.74) is 2.51. The Morgan fingerprint density at radius 1 is 1.09 bits per heavy atom. The fourth-order valence-electron chi connectivity index (χ4n) is 5.55. The zero-order valence-electron chi connectivity index (χ0n) is 19.0. The molecule has 0 unspecified atom stereocenters. The van der Waals surface area contributed by atoms with Crippen LogP contribution >= 0.6 is 23.2 Å². The van der Waals surface area contributed by atoms with Crippen LogP contribution in [0.5, 0.6) is 0 Å². The average molecular weight is 514 g/mol. The lowest BCUT2D eigenvalue weighted by Crippen LogP contribution is -2.46. The van der Waals surface area contributed by atoms with E-state index in [9.17, 15) is 4.79 Å². The lowest BCUT2D eigenvalue weighted by atomic mass is 9.99. The quantitative estimate of drug-likeness (QED) is 0.394. The number of benzene rings is 1. The van der Waals surface area contributed by atoms with Crippen LogP contribution in [0.25, 0.3) is 11.3 Å². The van der Waals surface area contributed by atoms with E-state index in [1.807, 2.05) is 24.3 Å². The number of ether oxygens (including phenoxy) is 1. The molecule has 2 bridgehead atoms. The van der Waals surface area contributed by atoms with Gasteiger partial charge in [-0.25, -0.2) is 9.78 Å². The Bertz CT molecular complexity index is 1220. The van der Waals surface area contributed by atoms with E-state index < -0.39 is 5.97 Å². The van der Waals surface area contributed by atoms with Crippen LogP contribution < -0.4 is 4.90 Å². The molecule has 3 fully saturated rings. The third kappa shape index (κ3) is 4.30. The lowest BCUT2D eigenvalue weighted by Gasteiger charge is -2.39. The summed E-state index contributed by atoms with van der Waals surface area (Å²) in [6, 6.07) is 9.52. The van der Waals surface area contributed by atoms with Crippen LogP contribution in [0, 0.1) is 0 Å². The summed E-state index contributed by atoms with van der Waals surface area (Å²) in [5, 5.41) is 14.6. The van der Waals surface area contributed by atoms with Gasteiger partial charge in [-0.15, -0.1) is 0 Å². The van der Waals surface area contributed by atoms with E-state index in [1.165, 1.54) is 6.20 Å². The summed E-state index contributed by atoms with van der Waals surface area (Å²) in [4.78, 5) is 17.9. The van der Waals surface area contributed by atoms with Crippen molar-refractivity contribution in [2.75, 3.05) is 4.90 Å². The molecule has 2 saturated heterocycles. The number of hydrogen-bond donors (Lipinski definition) is 1. The Labute approximate surface area is 213 Å². The number of nitrogens with zero attached hydrogens (tertiary/aromatic N) is 3. The number of carboxylic acid groups (broad SMARTS) is 1. The highest BCUT2D eigenvalue weighted by Crippen LogP contribution is 2.46. The van der Waals surface area contributed by atoms with Crippen LogP contribution in [0.1, 0.15) is 66.1 Å². The molecule has 1 aromatic carbocycles. The second kappa shape index (κ2) is 9.12. The van der Waals surface area contributed by atoms with Gasteiger partial charge < -0.3 is 19.3 Å². The molecule has 35 heavy (non-hydrogen) atoms. The van der Waals surface area contributed by atoms with Crippen molar-refractivity contribution in [2.45, 2.75) is 69.2 Å². The van der Waals surface area contributed by atoms with Crippen LogP contribution in [0.3, 0.4) is 0 Å². The van der Waals surface area contributed by atoms with E-state index in [-0.39, 0.29) is 11.7 Å². The molecule has 4 heterocycles. The van der Waals surface area contributed by atoms with Crippen molar-refractivity contribution >= 4 is 35.0 Å². The molecule has 3 aromatic rings. The van der Waals surface area contributed by atoms with E-state index >= 15 is 0 Å². The first-order chi connectivity index (χ1) is 17.0. The highest BCUT2D eigenvalue weighted by Gasteiger charge is 2.42. The fourth-order valence-corrected chi connectivity index (χ4v) is 6.13. The number of anilines is 1. The number of halogens is 2. The van der Waals surface area contributed by atoms with Gasteiger partial charge in [0.05, 0.1) is 28.3 Å². The van der Waals surface area contributed by atoms with Crippen molar-refractivity contribution < 1.29 is 19.2 Å². The normalized spacial score (nSPS) is 23.6. The highest BCUT2D eigenvalue weighted by molar-refractivity contribution is 6.39. The molecule has 3 aliphatic rings. The number of aromatic nitrogens is 2. The number of carboxylic acids is 1. The molecule has 2 aromatic heterocycles. The molecule has 1 saturated carbocycles. The maximum atomic E-state index is 11.2. The van der Waals surface area contributed by atoms with Crippen LogP contribution in [0.2, 0.25) is 10.0 Å². The molecular weight excluding hydrogens is 489 g/mol. The maximum Gasteiger partial charge on any atom is 0.337 e. The first-order valence-electron chi connectivity index (χ1n) is 12.0. The minimum atomic E-state index is -0.962. The van der Waals surface area contributed by atoms with Crippen LogP contribution in [-0.4, -0.2) is 39.4 Å². The number of piperidine rings is 1. The fraction of sp³-hybridized carbons (Fsp3) is 0.423. The zero-order chi connectivity index (χ0) is 24.1. The zero-order valence-corrected chi connectivity index (χ0v) is 20.5. The number of pyridine rings is 1. The van der Waals surface area contributed by atoms with E-state index in [1.54, 1.807) is 6.07 Å². The molecule has 182 valence electrons. The number of hydrogen-bond acceptors (Lipinski definition) is 6. The molecule has 0 spiro atoms. The predicted molar refractivity (Wildman–Crippen MR) is 132 cm³/mol. The topological polar surface area (TPSA) is 88.7 Å². The molecule has 2 aliphatic heterocycles. The van der Waals surface area contributed by atoms with E-state index in [0.717, 1.165) is 55.7 Å². The van der Waals surface area contributed by atoms with Gasteiger partial charge in [-0.1, -0.05) is 34.4 Å². The number of carbonyl (C=O) groups is 1. The van der Waals surface area contributed by atoms with Crippen molar-refractivity contribution in [2.24, 2.45) is 0 Å². The SMILES string of the molecule is O=C(O)c1ccc(N2[C@H]3CC[C@H]2CC(OCc2c(-c4c(Cl)cccc4Cl)noc2C2CC2)C3)nc1. The van der Waals surface area contributed by atoms with Gasteiger partial charge in [0.25, 0.3) is 0 Å². The molecule has 2 atom stereocenters. The minimum Gasteiger partial charge on any atom is -0.478 e. The average Bonchev–Trinajstić information content (AvgIpc) is 3.55. The van der Waals surface area contributed by atoms with Gasteiger partial charge in [-0.05, 0) is 62.8 Å². The van der Waals surface area contributed by atoms with Crippen molar-refractivity contribution in [3.05, 3.63) is 63.5 Å². The van der Waals surface area contributed by atoms with Crippen molar-refractivity contribution in [3.8, 4) is 11.3 Å². The van der Waals surface area contributed by atoms with Gasteiger partial charge in [0.15, 0.2) is 0 Å². The minimum absolute atomic E-state index is 0.110. The number of aromatic carboxylic acids is 1. The molecule has 1 aliphatic carbocycles. The molecule has 1 N–H and O–H groups in total. The van der Waals surface area contributed by atoms with Gasteiger partial charge >= 0.3 is 5.97 Å². The molecular formula is C26H25Cl2N3O4. The second-order valence-electron chi connectivity index (χ2n) is 9.65. The van der Waals surface area contributed by atoms with E-state index in [0.29, 0.717) is 45.9 Å². The van der Waals surface area contributed by atoms with Gasteiger partial charge in [0.2, 0.25) is 0 Å². The maximum absolute atomic E-state index is 11.2. The Kier molecular flexibility index (Phi) is 5.95. The van der Waals surface area contributed by atoms with Gasteiger partial charge in [0, 0.05) is 35.3 Å². The summed E-state index contributed by atoms with van der Waals surface area (Å²) in [5.74, 6) is 1.15. The van der Waals surface area contributed by atoms with Gasteiger partial charge in [0.1, 0.15) is 17.3 Å². The Hall–Kier alpha value is -2.61. The molecule has 7 nitrogen and oxygen atoms in total. The summed E-state index contributed by atoms with van der Waals surface area (Å²) in [6.45, 7) is 0.405. The van der Waals surface area contributed by atoms with Crippen molar-refractivity contribution in [3.63, 3.8) is 0 Å². The van der Waals surface area contributed by atoms with Crippen LogP contribution in [0.4, 0.5) is 5.82 Å². The third-order valence-electron chi connectivity index (χ3n) is 7.38. The predicted octanol–water partition coefficient (Wildman–Crippen LogP) is 6.34. The lowest BCUT2D eigenvalue weighted by molar-refractivity contribution is 0.0146. The smallest absolute Gasteiger partial charge is 0.337 e. The van der Waals surface area contributed by atoms with Crippen molar-refractivity contribution in [1.82, 2.24) is 10.1 Å². The summed E-state index contributed by atoms with van der Waals surface area (Å²) >= 11 is 13.0. The highest BCUT2D eigenvalue weighted by atomic mass is 35.5. The number of fused-ring (bicyclic) bond motifs is 2. The van der Waals surface area contributed by atoms with Gasteiger partial charge in [-0.3, -0.25) is 0 Å². The van der Waals surface area contributed by atoms with Crippen molar-refractivity contribution in [1.29, 1.82) is 0 Å². The summed E-state index contributed by atoms with van der Waals surface area (Å²) in [6.07, 6.45) is 7.67. The van der Waals surface area contributed by atoms with Crippen LogP contribution in [0.15, 0.2) is 41.1 Å². The molecule has 6 rings (SSSR count). The Balaban J connectivity index is 1.19. The van der Waals surface area contributed by atoms with Crippen LogP contribution in [-0.2, 0) is 11.3 Å². The monoisotopic (exact) mass is 513 g/mol. The number of rotatable bonds is 7. The Morgan fingerprint density at radius 3 is 2.40 bits per heavy atom. The Morgan fingerprint density at radius 2 is 1.80 bits per heavy atom. The van der Waals surface area contributed by atoms with Gasteiger partial charge in [-0.2, -0.15) is 0 Å². The molecule has 9 heteroatoms. The molecule has 0 amide bonds. The summed E-state index contributed by atoms with van der Waals surface area (Å²) in [7, 11) is 0. The third-order valence-corrected chi connectivity index (χ3v) is 8.01. The first kappa shape index (κ1) is 22.8. The van der Waals surface area contributed by atoms with E-state index in [4.69, 9.17) is 37.6 Å². The molecule has 0 radical (unpaired) electrons. The first-order valence-corrected chi connectivity index (χ1v) is 12.8. The van der Waals surface area contributed by atoms with E-state index in [2.05, 4.69) is 15.0 Å².